The molecule has 0 saturated carbocycles. The van der Waals surface area contributed by atoms with Crippen molar-refractivity contribution < 1.29 is 31.7 Å². The maximum absolute atomic E-state index is 13.3. The summed E-state index contributed by atoms with van der Waals surface area (Å²) in [6.45, 7) is -1.47. The number of hydrogen-bond acceptors (Lipinski definition) is 4. The molecule has 0 spiro atoms. The van der Waals surface area contributed by atoms with Crippen molar-refractivity contribution in [2.24, 2.45) is 0 Å². The first-order chi connectivity index (χ1) is 13.7. The number of rotatable bonds is 5. The molecule has 0 atom stereocenters. The van der Waals surface area contributed by atoms with E-state index in [2.05, 4.69) is 10.5 Å². The fourth-order valence-corrected chi connectivity index (χ4v) is 2.38. The van der Waals surface area contributed by atoms with Crippen molar-refractivity contribution in [3.8, 4) is 11.3 Å². The van der Waals surface area contributed by atoms with Crippen LogP contribution in [0.1, 0.15) is 20.9 Å². The van der Waals surface area contributed by atoms with E-state index in [4.69, 9.17) is 4.52 Å². The zero-order valence-corrected chi connectivity index (χ0v) is 14.6. The molecule has 10 heteroatoms. The molecule has 0 aliphatic carbocycles. The SMILES string of the molecule is O=C(NCC(F)(F)F)c1cccc(NC(=O)c2cc(-c3cccc(F)c3)no2)c1. The van der Waals surface area contributed by atoms with Gasteiger partial charge < -0.3 is 15.2 Å². The number of nitrogens with one attached hydrogen (secondary N) is 2. The minimum Gasteiger partial charge on any atom is -0.350 e. The van der Waals surface area contributed by atoms with Crippen LogP contribution in [0.15, 0.2) is 59.1 Å². The monoisotopic (exact) mass is 407 g/mol. The van der Waals surface area contributed by atoms with Gasteiger partial charge in [0.05, 0.1) is 0 Å². The van der Waals surface area contributed by atoms with Crippen molar-refractivity contribution >= 4 is 17.5 Å². The highest BCUT2D eigenvalue weighted by molar-refractivity contribution is 6.03. The van der Waals surface area contributed by atoms with Gasteiger partial charge >= 0.3 is 6.18 Å². The highest BCUT2D eigenvalue weighted by atomic mass is 19.4. The van der Waals surface area contributed by atoms with Crippen molar-refractivity contribution in [1.29, 1.82) is 0 Å². The Hall–Kier alpha value is -3.69. The molecular weight excluding hydrogens is 394 g/mol. The van der Waals surface area contributed by atoms with Gasteiger partial charge in [-0.25, -0.2) is 4.39 Å². The highest BCUT2D eigenvalue weighted by Gasteiger charge is 2.28. The number of halogens is 4. The van der Waals surface area contributed by atoms with Crippen LogP contribution in [0.3, 0.4) is 0 Å². The Morgan fingerprint density at radius 3 is 2.48 bits per heavy atom. The summed E-state index contributed by atoms with van der Waals surface area (Å²) in [7, 11) is 0. The van der Waals surface area contributed by atoms with Crippen LogP contribution in [0, 0.1) is 5.82 Å². The Morgan fingerprint density at radius 1 is 1.00 bits per heavy atom. The van der Waals surface area contributed by atoms with E-state index in [0.29, 0.717) is 5.56 Å². The van der Waals surface area contributed by atoms with Crippen LogP contribution < -0.4 is 10.6 Å². The third-order valence-electron chi connectivity index (χ3n) is 3.69. The number of nitrogens with zero attached hydrogens (tertiary/aromatic N) is 1. The van der Waals surface area contributed by atoms with E-state index >= 15 is 0 Å². The molecule has 150 valence electrons. The minimum absolute atomic E-state index is 0.0648. The Morgan fingerprint density at radius 2 is 1.76 bits per heavy atom. The first-order valence-corrected chi connectivity index (χ1v) is 8.20. The summed E-state index contributed by atoms with van der Waals surface area (Å²) in [4.78, 5) is 24.1. The molecule has 3 aromatic rings. The van der Waals surface area contributed by atoms with Gasteiger partial charge in [-0.1, -0.05) is 23.4 Å². The summed E-state index contributed by atoms with van der Waals surface area (Å²) < 4.78 is 54.9. The summed E-state index contributed by atoms with van der Waals surface area (Å²) in [5.74, 6) is -2.28. The minimum atomic E-state index is -4.53. The summed E-state index contributed by atoms with van der Waals surface area (Å²) in [6.07, 6.45) is -4.53. The van der Waals surface area contributed by atoms with Crippen molar-refractivity contribution in [3.05, 3.63) is 71.7 Å². The topological polar surface area (TPSA) is 84.2 Å². The lowest BCUT2D eigenvalue weighted by molar-refractivity contribution is -0.123. The maximum Gasteiger partial charge on any atom is 0.405 e. The van der Waals surface area contributed by atoms with Crippen LogP contribution in [0.2, 0.25) is 0 Å². The lowest BCUT2D eigenvalue weighted by Crippen LogP contribution is -2.33. The van der Waals surface area contributed by atoms with E-state index in [1.165, 1.54) is 48.5 Å². The third-order valence-corrected chi connectivity index (χ3v) is 3.69. The van der Waals surface area contributed by atoms with Crippen LogP contribution in [-0.4, -0.2) is 29.7 Å². The average Bonchev–Trinajstić information content (AvgIpc) is 3.16. The molecule has 3 rings (SSSR count). The number of benzene rings is 2. The zero-order chi connectivity index (χ0) is 21.0. The van der Waals surface area contributed by atoms with E-state index in [0.717, 1.165) is 0 Å². The first kappa shape index (κ1) is 20.1. The molecule has 2 N–H and O–H groups in total. The quantitative estimate of drug-likeness (QED) is 0.626. The van der Waals surface area contributed by atoms with Crippen molar-refractivity contribution in [1.82, 2.24) is 10.5 Å². The smallest absolute Gasteiger partial charge is 0.350 e. The molecule has 0 aliphatic rings. The Bertz CT molecular complexity index is 1050. The van der Waals surface area contributed by atoms with Crippen molar-refractivity contribution in [3.63, 3.8) is 0 Å². The number of aromatic nitrogens is 1. The standard InChI is InChI=1S/C19H13F4N3O3/c20-13-5-1-3-11(7-13)15-9-16(29-26-15)18(28)25-14-6-2-4-12(8-14)17(27)24-10-19(21,22)23/h1-9H,10H2,(H,24,27)(H,25,28). The van der Waals surface area contributed by atoms with Crippen LogP contribution in [-0.2, 0) is 0 Å². The lowest BCUT2D eigenvalue weighted by Gasteiger charge is -2.09. The third kappa shape index (κ3) is 5.41. The molecule has 0 fully saturated rings. The van der Waals surface area contributed by atoms with Crippen LogP contribution in [0.5, 0.6) is 0 Å². The Kier molecular flexibility index (Phi) is 5.62. The van der Waals surface area contributed by atoms with Gasteiger partial charge in [-0.05, 0) is 30.3 Å². The molecule has 0 aliphatic heterocycles. The molecule has 2 amide bonds. The number of amides is 2. The summed E-state index contributed by atoms with van der Waals surface area (Å²) >= 11 is 0. The van der Waals surface area contributed by atoms with Crippen LogP contribution in [0.4, 0.5) is 23.2 Å². The number of carbonyl (C=O) groups is 2. The van der Waals surface area contributed by atoms with Gasteiger partial charge in [0.15, 0.2) is 0 Å². The van der Waals surface area contributed by atoms with Gasteiger partial charge in [0.1, 0.15) is 18.1 Å². The van der Waals surface area contributed by atoms with Crippen LogP contribution in [0.25, 0.3) is 11.3 Å². The maximum atomic E-state index is 13.3. The predicted octanol–water partition coefficient (Wildman–Crippen LogP) is 4.03. The molecule has 1 heterocycles. The first-order valence-electron chi connectivity index (χ1n) is 8.20. The average molecular weight is 407 g/mol. The van der Waals surface area contributed by atoms with Gasteiger partial charge in [-0.3, -0.25) is 9.59 Å². The highest BCUT2D eigenvalue weighted by Crippen LogP contribution is 2.21. The van der Waals surface area contributed by atoms with E-state index in [1.54, 1.807) is 11.4 Å². The Balaban J connectivity index is 1.69. The Labute approximate surface area is 161 Å². The van der Waals surface area contributed by atoms with Crippen LogP contribution >= 0.6 is 0 Å². The summed E-state index contributed by atoms with van der Waals surface area (Å²) in [5.41, 5.74) is 0.759. The molecule has 0 unspecified atom stereocenters. The number of anilines is 1. The van der Waals surface area contributed by atoms with Gasteiger partial charge in [-0.15, -0.1) is 0 Å². The van der Waals surface area contributed by atoms with Crippen molar-refractivity contribution in [2.75, 3.05) is 11.9 Å². The fourth-order valence-electron chi connectivity index (χ4n) is 2.38. The largest absolute Gasteiger partial charge is 0.405 e. The van der Waals surface area contributed by atoms with Gasteiger partial charge in [0.25, 0.3) is 11.8 Å². The second kappa shape index (κ2) is 8.13. The van der Waals surface area contributed by atoms with Gasteiger partial charge in [0.2, 0.25) is 5.76 Å². The summed E-state index contributed by atoms with van der Waals surface area (Å²) in [6, 6.07) is 12.2. The van der Waals surface area contributed by atoms with Gasteiger partial charge in [-0.2, -0.15) is 13.2 Å². The lowest BCUT2D eigenvalue weighted by atomic mass is 10.1. The molecule has 1 aromatic heterocycles. The van der Waals surface area contributed by atoms with E-state index in [-0.39, 0.29) is 22.7 Å². The van der Waals surface area contributed by atoms with E-state index in [9.17, 15) is 27.2 Å². The normalized spacial score (nSPS) is 11.2. The number of hydrogen-bond donors (Lipinski definition) is 2. The molecule has 29 heavy (non-hydrogen) atoms. The number of carbonyl (C=O) groups excluding carboxylic acids is 2. The molecular formula is C19H13F4N3O3. The summed E-state index contributed by atoms with van der Waals surface area (Å²) in [5, 5.41) is 7.90. The molecule has 2 aromatic carbocycles. The van der Waals surface area contributed by atoms with Crippen molar-refractivity contribution in [2.45, 2.75) is 6.18 Å². The van der Waals surface area contributed by atoms with Gasteiger partial charge in [0, 0.05) is 22.9 Å². The van der Waals surface area contributed by atoms with E-state index in [1.807, 2.05) is 0 Å². The van der Waals surface area contributed by atoms with E-state index < -0.39 is 30.4 Å². The fraction of sp³-hybridized carbons (Fsp3) is 0.105. The second-order valence-corrected chi connectivity index (χ2v) is 5.92. The number of alkyl halides is 3. The predicted molar refractivity (Wildman–Crippen MR) is 94.7 cm³/mol. The molecule has 0 saturated heterocycles. The molecule has 6 nitrogen and oxygen atoms in total. The molecule has 0 radical (unpaired) electrons. The second-order valence-electron chi connectivity index (χ2n) is 5.92. The zero-order valence-electron chi connectivity index (χ0n) is 14.6. The molecule has 0 bridgehead atoms.